The SMILES string of the molecule is CC=C(C=CCC1=CC=C(C2C=CC(N(C3=Cc4ccccc4CC3)c3ccc(C)cc3)=CC2)CC=C1)N(c1ccc(C)cc1)C1C=C2CC=CC=CC2=CC1. The van der Waals surface area contributed by atoms with E-state index in [2.05, 4.69) is 207 Å². The van der Waals surface area contributed by atoms with E-state index in [1.54, 1.807) is 0 Å². The molecule has 0 fully saturated rings. The topological polar surface area (TPSA) is 6.48 Å². The number of aryl methyl sites for hydroxylation is 3. The van der Waals surface area contributed by atoms with Gasteiger partial charge in [0.25, 0.3) is 0 Å². The van der Waals surface area contributed by atoms with Crippen molar-refractivity contribution in [3.63, 3.8) is 0 Å². The van der Waals surface area contributed by atoms with E-state index in [1.165, 1.54) is 73.0 Å². The highest BCUT2D eigenvalue weighted by Gasteiger charge is 2.25. The standard InChI is InChI=1S/C54H54N2/c1-4-49(55(50-30-20-40(2)21-31-50)53-36-28-44-14-6-5-7-16-47(44)38-53)19-11-13-42-12-10-18-43(25-24-42)46-26-34-52(35-27-46)56(51-32-22-41(3)23-33-51)54-37-29-45-15-8-9-17-48(45)39-54/h4-12,14-15,17,19-26,28,30-35,38-39,46,53H,13,16,18,27,29,36-37H2,1-3H3. The summed E-state index contributed by atoms with van der Waals surface area (Å²) < 4.78 is 0. The third kappa shape index (κ3) is 8.51. The van der Waals surface area contributed by atoms with Crippen LogP contribution in [0.1, 0.15) is 67.7 Å². The van der Waals surface area contributed by atoms with Crippen LogP contribution in [0.3, 0.4) is 0 Å². The summed E-state index contributed by atoms with van der Waals surface area (Å²) in [7, 11) is 0. The Balaban J connectivity index is 0.970. The fourth-order valence-corrected chi connectivity index (χ4v) is 8.53. The minimum Gasteiger partial charge on any atom is -0.335 e. The molecule has 2 unspecified atom stereocenters. The second-order valence-corrected chi connectivity index (χ2v) is 15.6. The molecular formula is C54H54N2. The van der Waals surface area contributed by atoms with Crippen molar-refractivity contribution in [1.82, 2.24) is 0 Å². The fourth-order valence-electron chi connectivity index (χ4n) is 8.53. The van der Waals surface area contributed by atoms with Crippen LogP contribution in [-0.2, 0) is 6.42 Å². The van der Waals surface area contributed by atoms with Crippen molar-refractivity contribution in [3.8, 4) is 0 Å². The quantitative estimate of drug-likeness (QED) is 0.192. The summed E-state index contributed by atoms with van der Waals surface area (Å²) >= 11 is 0. The molecule has 0 bridgehead atoms. The van der Waals surface area contributed by atoms with E-state index in [-0.39, 0.29) is 6.04 Å². The first-order valence-corrected chi connectivity index (χ1v) is 20.6. The van der Waals surface area contributed by atoms with Crippen molar-refractivity contribution >= 4 is 17.5 Å². The van der Waals surface area contributed by atoms with Crippen molar-refractivity contribution in [2.75, 3.05) is 9.80 Å². The van der Waals surface area contributed by atoms with Gasteiger partial charge >= 0.3 is 0 Å². The Morgan fingerprint density at radius 3 is 2.36 bits per heavy atom. The molecule has 0 saturated heterocycles. The summed E-state index contributed by atoms with van der Waals surface area (Å²) in [6.07, 6.45) is 46.6. The van der Waals surface area contributed by atoms with Crippen LogP contribution in [0.5, 0.6) is 0 Å². The van der Waals surface area contributed by atoms with E-state index in [1.807, 2.05) is 0 Å². The molecule has 0 N–H and O–H groups in total. The number of hydrogen-bond donors (Lipinski definition) is 0. The lowest BCUT2D eigenvalue weighted by Gasteiger charge is -2.35. The Morgan fingerprint density at radius 2 is 1.57 bits per heavy atom. The smallest absolute Gasteiger partial charge is 0.0562 e. The highest BCUT2D eigenvalue weighted by molar-refractivity contribution is 5.70. The predicted octanol–water partition coefficient (Wildman–Crippen LogP) is 13.9. The van der Waals surface area contributed by atoms with Crippen LogP contribution in [0.4, 0.5) is 11.4 Å². The van der Waals surface area contributed by atoms with E-state index in [0.717, 1.165) is 44.9 Å². The van der Waals surface area contributed by atoms with Gasteiger partial charge in [-0.1, -0.05) is 150 Å². The molecule has 0 heterocycles. The number of fused-ring (bicyclic) bond motifs is 2. The van der Waals surface area contributed by atoms with Crippen LogP contribution in [0.15, 0.2) is 209 Å². The molecule has 5 aliphatic carbocycles. The van der Waals surface area contributed by atoms with Crippen LogP contribution < -0.4 is 9.80 Å². The molecule has 0 aliphatic heterocycles. The summed E-state index contributed by atoms with van der Waals surface area (Å²) in [6, 6.07) is 27.1. The van der Waals surface area contributed by atoms with Gasteiger partial charge in [0.15, 0.2) is 0 Å². The number of rotatable bonds is 10. The third-order valence-electron chi connectivity index (χ3n) is 11.7. The summed E-state index contributed by atoms with van der Waals surface area (Å²) in [5.74, 6) is 0.395. The average molecular weight is 731 g/mol. The van der Waals surface area contributed by atoms with Crippen LogP contribution in [0.2, 0.25) is 0 Å². The number of benzene rings is 3. The maximum absolute atomic E-state index is 2.52. The summed E-state index contributed by atoms with van der Waals surface area (Å²) in [6.45, 7) is 6.49. The van der Waals surface area contributed by atoms with Crippen molar-refractivity contribution in [2.45, 2.75) is 71.8 Å². The zero-order valence-electron chi connectivity index (χ0n) is 33.2. The normalized spacial score (nSPS) is 20.4. The third-order valence-corrected chi connectivity index (χ3v) is 11.7. The van der Waals surface area contributed by atoms with Gasteiger partial charge in [-0.25, -0.2) is 0 Å². The van der Waals surface area contributed by atoms with Gasteiger partial charge in [-0.05, 0) is 136 Å². The Morgan fingerprint density at radius 1 is 0.768 bits per heavy atom. The van der Waals surface area contributed by atoms with Crippen molar-refractivity contribution in [1.29, 1.82) is 0 Å². The molecule has 2 heteroatoms. The zero-order valence-corrected chi connectivity index (χ0v) is 33.2. The molecule has 5 aliphatic rings. The van der Waals surface area contributed by atoms with Crippen molar-refractivity contribution < 1.29 is 0 Å². The van der Waals surface area contributed by atoms with Gasteiger partial charge in [-0.15, -0.1) is 0 Å². The average Bonchev–Trinajstić information content (AvgIpc) is 3.63. The van der Waals surface area contributed by atoms with Gasteiger partial charge in [0.2, 0.25) is 0 Å². The fraction of sp³-hybridized carbons (Fsp3) is 0.222. The summed E-state index contributed by atoms with van der Waals surface area (Å²) in [4.78, 5) is 5.00. The number of allylic oxidation sites excluding steroid dienone is 19. The maximum Gasteiger partial charge on any atom is 0.0562 e. The molecule has 0 saturated carbocycles. The van der Waals surface area contributed by atoms with Crippen molar-refractivity contribution in [3.05, 3.63) is 232 Å². The molecule has 2 nitrogen and oxygen atoms in total. The molecule has 280 valence electrons. The molecule has 2 atom stereocenters. The van der Waals surface area contributed by atoms with Crippen LogP contribution in [0.25, 0.3) is 6.08 Å². The van der Waals surface area contributed by atoms with Gasteiger partial charge in [0, 0.05) is 34.4 Å². The van der Waals surface area contributed by atoms with E-state index >= 15 is 0 Å². The lowest BCUT2D eigenvalue weighted by molar-refractivity contribution is 0.736. The van der Waals surface area contributed by atoms with E-state index < -0.39 is 0 Å². The Labute approximate surface area is 335 Å². The van der Waals surface area contributed by atoms with Crippen LogP contribution >= 0.6 is 0 Å². The van der Waals surface area contributed by atoms with E-state index in [0.29, 0.717) is 5.92 Å². The summed E-state index contributed by atoms with van der Waals surface area (Å²) in [5, 5.41) is 0. The number of nitrogens with zero attached hydrogens (tertiary/aromatic N) is 2. The van der Waals surface area contributed by atoms with Gasteiger partial charge < -0.3 is 9.80 Å². The second-order valence-electron chi connectivity index (χ2n) is 15.6. The molecule has 3 aromatic rings. The predicted molar refractivity (Wildman–Crippen MR) is 240 cm³/mol. The van der Waals surface area contributed by atoms with Gasteiger partial charge in [-0.3, -0.25) is 0 Å². The van der Waals surface area contributed by atoms with Crippen LogP contribution in [0, 0.1) is 19.8 Å². The lowest BCUT2D eigenvalue weighted by Crippen LogP contribution is -2.34. The van der Waals surface area contributed by atoms with E-state index in [4.69, 9.17) is 0 Å². The Bertz CT molecular complexity index is 2300. The number of anilines is 2. The highest BCUT2D eigenvalue weighted by atomic mass is 15.2. The monoisotopic (exact) mass is 730 g/mol. The molecule has 8 rings (SSSR count). The van der Waals surface area contributed by atoms with Gasteiger partial charge in [-0.2, -0.15) is 0 Å². The molecule has 0 spiro atoms. The molecule has 3 aromatic carbocycles. The largest absolute Gasteiger partial charge is 0.335 e. The van der Waals surface area contributed by atoms with E-state index in [9.17, 15) is 0 Å². The first-order valence-electron chi connectivity index (χ1n) is 20.6. The minimum absolute atomic E-state index is 0.257. The molecular weight excluding hydrogens is 677 g/mol. The first kappa shape index (κ1) is 37.1. The lowest BCUT2D eigenvalue weighted by atomic mass is 9.88. The second kappa shape index (κ2) is 17.3. The summed E-state index contributed by atoms with van der Waals surface area (Å²) in [5.41, 5.74) is 17.2. The van der Waals surface area contributed by atoms with Gasteiger partial charge in [0.1, 0.15) is 0 Å². The Kier molecular flexibility index (Phi) is 11.5. The minimum atomic E-state index is 0.257. The molecule has 0 radical (unpaired) electrons. The van der Waals surface area contributed by atoms with Gasteiger partial charge in [0.05, 0.1) is 6.04 Å². The highest BCUT2D eigenvalue weighted by Crippen LogP contribution is 2.37. The first-order chi connectivity index (χ1) is 27.5. The maximum atomic E-state index is 2.52. The molecule has 0 aromatic heterocycles. The zero-order chi connectivity index (χ0) is 38.3. The van der Waals surface area contributed by atoms with Crippen LogP contribution in [-0.4, -0.2) is 6.04 Å². The molecule has 56 heavy (non-hydrogen) atoms. The molecule has 0 amide bonds. The number of hydrogen-bond acceptors (Lipinski definition) is 2. The van der Waals surface area contributed by atoms with Crippen molar-refractivity contribution in [2.24, 2.45) is 5.92 Å². The Hall–Kier alpha value is -5.86.